The molecular formula is C28H32. The molecule has 0 nitrogen and oxygen atoms in total. The highest BCUT2D eigenvalue weighted by Crippen LogP contribution is 2.48. The molecule has 0 fully saturated rings. The Bertz CT molecular complexity index is 1090. The minimum Gasteiger partial charge on any atom is -0.0841 e. The number of hydrogen-bond acceptors (Lipinski definition) is 0. The molecule has 0 bridgehead atoms. The van der Waals surface area contributed by atoms with Crippen LogP contribution in [0.2, 0.25) is 0 Å². The molecule has 1 aliphatic rings. The van der Waals surface area contributed by atoms with E-state index in [1.54, 1.807) is 0 Å². The molecule has 0 unspecified atom stereocenters. The van der Waals surface area contributed by atoms with E-state index in [-0.39, 0.29) is 0 Å². The molecule has 0 heterocycles. The second kappa shape index (κ2) is 8.19. The second-order valence-electron chi connectivity index (χ2n) is 7.40. The lowest BCUT2D eigenvalue weighted by molar-refractivity contribution is 1.10. The topological polar surface area (TPSA) is 0 Å². The zero-order valence-corrected chi connectivity index (χ0v) is 18.4. The number of benzene rings is 3. The molecule has 0 saturated carbocycles. The summed E-state index contributed by atoms with van der Waals surface area (Å²) in [4.78, 5) is 0. The molecule has 4 rings (SSSR count). The third-order valence-electron chi connectivity index (χ3n) is 5.93. The van der Waals surface area contributed by atoms with Crippen LogP contribution in [0.15, 0.2) is 65.8 Å². The van der Waals surface area contributed by atoms with Crippen LogP contribution in [0.5, 0.6) is 0 Å². The van der Waals surface area contributed by atoms with Gasteiger partial charge in [-0.15, -0.1) is 0 Å². The summed E-state index contributed by atoms with van der Waals surface area (Å²) in [5.74, 6) is 0. The van der Waals surface area contributed by atoms with Gasteiger partial charge < -0.3 is 0 Å². The molecule has 144 valence electrons. The molecule has 0 saturated heterocycles. The van der Waals surface area contributed by atoms with Crippen molar-refractivity contribution in [3.05, 3.63) is 76.9 Å². The van der Waals surface area contributed by atoms with Gasteiger partial charge in [-0.25, -0.2) is 0 Å². The Balaban J connectivity index is 0.00000109. The summed E-state index contributed by atoms with van der Waals surface area (Å²) >= 11 is 0. The first-order valence-electron chi connectivity index (χ1n) is 10.6. The van der Waals surface area contributed by atoms with E-state index in [1.807, 2.05) is 13.8 Å². The van der Waals surface area contributed by atoms with Gasteiger partial charge in [-0.2, -0.15) is 0 Å². The summed E-state index contributed by atoms with van der Waals surface area (Å²) < 4.78 is 0. The highest BCUT2D eigenvalue weighted by atomic mass is 14.3. The largest absolute Gasteiger partial charge is 0.0841 e. The fourth-order valence-electron chi connectivity index (χ4n) is 4.29. The minimum absolute atomic E-state index is 1.08. The van der Waals surface area contributed by atoms with Crippen molar-refractivity contribution in [1.82, 2.24) is 0 Å². The van der Waals surface area contributed by atoms with Crippen LogP contribution in [0.1, 0.15) is 59.1 Å². The van der Waals surface area contributed by atoms with E-state index in [9.17, 15) is 0 Å². The van der Waals surface area contributed by atoms with Gasteiger partial charge in [0.25, 0.3) is 0 Å². The minimum atomic E-state index is 1.08. The Morgan fingerprint density at radius 2 is 1.54 bits per heavy atom. The molecule has 3 aromatic carbocycles. The van der Waals surface area contributed by atoms with Gasteiger partial charge in [0, 0.05) is 0 Å². The predicted molar refractivity (Wildman–Crippen MR) is 127 cm³/mol. The molecule has 3 aromatic rings. The van der Waals surface area contributed by atoms with Crippen molar-refractivity contribution in [3.8, 4) is 22.3 Å². The number of aryl methyl sites for hydroxylation is 1. The van der Waals surface area contributed by atoms with Crippen molar-refractivity contribution in [2.45, 2.75) is 54.9 Å². The third-order valence-corrected chi connectivity index (χ3v) is 5.93. The fourth-order valence-corrected chi connectivity index (χ4v) is 4.29. The van der Waals surface area contributed by atoms with Crippen molar-refractivity contribution in [2.24, 2.45) is 0 Å². The normalized spacial score (nSPS) is 13.0. The van der Waals surface area contributed by atoms with E-state index >= 15 is 0 Å². The fraction of sp³-hybridized carbons (Fsp3) is 0.286. The molecule has 0 heteroatoms. The number of rotatable bonds is 3. The van der Waals surface area contributed by atoms with Gasteiger partial charge in [0.05, 0.1) is 0 Å². The molecule has 1 aliphatic carbocycles. The Labute approximate surface area is 170 Å². The van der Waals surface area contributed by atoms with Gasteiger partial charge in [0.1, 0.15) is 0 Å². The van der Waals surface area contributed by atoms with Crippen molar-refractivity contribution >= 4 is 16.3 Å². The maximum atomic E-state index is 2.40. The molecule has 0 aliphatic heterocycles. The van der Waals surface area contributed by atoms with E-state index in [4.69, 9.17) is 0 Å². The summed E-state index contributed by atoms with van der Waals surface area (Å²) in [6.07, 6.45) is 3.30. The van der Waals surface area contributed by atoms with Gasteiger partial charge in [-0.3, -0.25) is 0 Å². The summed E-state index contributed by atoms with van der Waals surface area (Å²) in [7, 11) is 0. The van der Waals surface area contributed by atoms with Gasteiger partial charge in [0.2, 0.25) is 0 Å². The second-order valence-corrected chi connectivity index (χ2v) is 7.40. The first-order valence-corrected chi connectivity index (χ1v) is 10.6. The standard InChI is InChI=1S/C26H26.C2H6/c1-6-16(3)25(17(4)7-2)19-12-14-21-23-13-11-18(5)20-9-8-10-22(26(20)23)24(21)15-19;1-2/h6,8-15H,7H2,1-5H3;1-2H3/b16-6-,25-17+;. The molecule has 0 atom stereocenters. The Morgan fingerprint density at radius 1 is 0.857 bits per heavy atom. The van der Waals surface area contributed by atoms with Crippen LogP contribution in [-0.4, -0.2) is 0 Å². The number of allylic oxidation sites excluding steroid dienone is 4. The number of fused-ring (bicyclic) bond motifs is 3. The molecule has 0 spiro atoms. The van der Waals surface area contributed by atoms with Crippen molar-refractivity contribution in [2.75, 3.05) is 0 Å². The van der Waals surface area contributed by atoms with Crippen LogP contribution in [-0.2, 0) is 0 Å². The van der Waals surface area contributed by atoms with E-state index in [0.29, 0.717) is 0 Å². The molecule has 0 radical (unpaired) electrons. The lowest BCUT2D eigenvalue weighted by Gasteiger charge is -2.14. The Kier molecular flexibility index (Phi) is 5.89. The smallest absolute Gasteiger partial charge is 0.00237 e. The first-order chi connectivity index (χ1) is 13.6. The SMILES string of the molecule is C/C=C(C)\C(=C(\C)CC)c1ccc2c(c1)-c1cccc3c(C)ccc-2c13.CC. The Hall–Kier alpha value is -2.60. The van der Waals surface area contributed by atoms with Gasteiger partial charge in [0.15, 0.2) is 0 Å². The van der Waals surface area contributed by atoms with Gasteiger partial charge in [-0.05, 0) is 95.5 Å². The van der Waals surface area contributed by atoms with Crippen LogP contribution < -0.4 is 0 Å². The zero-order valence-electron chi connectivity index (χ0n) is 18.4. The molecular weight excluding hydrogens is 336 g/mol. The molecule has 0 N–H and O–H groups in total. The monoisotopic (exact) mass is 368 g/mol. The highest BCUT2D eigenvalue weighted by Gasteiger charge is 2.22. The lowest BCUT2D eigenvalue weighted by Crippen LogP contribution is -1.92. The summed E-state index contributed by atoms with van der Waals surface area (Å²) in [5, 5.41) is 2.79. The quantitative estimate of drug-likeness (QED) is 0.316. The van der Waals surface area contributed by atoms with E-state index in [0.717, 1.165) is 6.42 Å². The van der Waals surface area contributed by atoms with Crippen LogP contribution >= 0.6 is 0 Å². The van der Waals surface area contributed by atoms with Gasteiger partial charge in [-0.1, -0.05) is 74.9 Å². The Morgan fingerprint density at radius 3 is 2.21 bits per heavy atom. The lowest BCUT2D eigenvalue weighted by atomic mass is 9.90. The third kappa shape index (κ3) is 3.11. The average Bonchev–Trinajstić information content (AvgIpc) is 3.06. The maximum absolute atomic E-state index is 2.40. The van der Waals surface area contributed by atoms with Crippen LogP contribution in [0, 0.1) is 6.92 Å². The van der Waals surface area contributed by atoms with Crippen molar-refractivity contribution < 1.29 is 0 Å². The molecule has 0 amide bonds. The van der Waals surface area contributed by atoms with Crippen LogP contribution in [0.3, 0.4) is 0 Å². The van der Waals surface area contributed by atoms with Crippen LogP contribution in [0.25, 0.3) is 38.6 Å². The predicted octanol–water partition coefficient (Wildman–Crippen LogP) is 8.97. The van der Waals surface area contributed by atoms with E-state index in [1.165, 1.54) is 60.9 Å². The van der Waals surface area contributed by atoms with Crippen molar-refractivity contribution in [1.29, 1.82) is 0 Å². The molecule has 28 heavy (non-hydrogen) atoms. The number of hydrogen-bond donors (Lipinski definition) is 0. The maximum Gasteiger partial charge on any atom is -0.00237 e. The van der Waals surface area contributed by atoms with E-state index < -0.39 is 0 Å². The van der Waals surface area contributed by atoms with Crippen molar-refractivity contribution in [3.63, 3.8) is 0 Å². The summed E-state index contributed by atoms with van der Waals surface area (Å²) in [5.41, 5.74) is 12.4. The average molecular weight is 369 g/mol. The zero-order chi connectivity index (χ0) is 20.4. The summed E-state index contributed by atoms with van der Waals surface area (Å²) in [6, 6.07) is 18.3. The van der Waals surface area contributed by atoms with E-state index in [2.05, 4.69) is 89.2 Å². The molecule has 0 aromatic heterocycles. The van der Waals surface area contributed by atoms with Crippen LogP contribution in [0.4, 0.5) is 0 Å². The highest BCUT2D eigenvalue weighted by molar-refractivity contribution is 6.16. The van der Waals surface area contributed by atoms with Gasteiger partial charge >= 0.3 is 0 Å². The first kappa shape index (κ1) is 20.1. The summed E-state index contributed by atoms with van der Waals surface area (Å²) in [6.45, 7) is 15.1.